The zero-order valence-electron chi connectivity index (χ0n) is 11.7. The molecule has 0 aliphatic rings. The van der Waals surface area contributed by atoms with Crippen LogP contribution in [0.1, 0.15) is 43.0 Å². The first-order valence-corrected chi connectivity index (χ1v) is 7.04. The molecule has 1 aromatic carbocycles. The number of pyridine rings is 1. The fourth-order valence-corrected chi connectivity index (χ4v) is 2.08. The van der Waals surface area contributed by atoms with E-state index >= 15 is 0 Å². The summed E-state index contributed by atoms with van der Waals surface area (Å²) in [6, 6.07) is 6.03. The number of carbonyl (C=O) groups is 1. The number of rotatable bonds is 6. The number of amides is 1. The van der Waals surface area contributed by atoms with E-state index in [1.807, 2.05) is 0 Å². The molecule has 0 fully saturated rings. The lowest BCUT2D eigenvalue weighted by Gasteiger charge is -2.06. The first-order chi connectivity index (χ1) is 9.70. The van der Waals surface area contributed by atoms with Crippen LogP contribution in [-0.2, 0) is 0 Å². The van der Waals surface area contributed by atoms with Gasteiger partial charge in [-0.2, -0.15) is 0 Å². The van der Waals surface area contributed by atoms with E-state index < -0.39 is 0 Å². The molecule has 106 valence electrons. The van der Waals surface area contributed by atoms with Crippen molar-refractivity contribution in [2.45, 2.75) is 32.6 Å². The minimum atomic E-state index is -0.323. The summed E-state index contributed by atoms with van der Waals surface area (Å²) in [7, 11) is 0. The van der Waals surface area contributed by atoms with Gasteiger partial charge in [-0.1, -0.05) is 26.2 Å². The minimum absolute atomic E-state index is 0.153. The van der Waals surface area contributed by atoms with Crippen molar-refractivity contribution in [2.24, 2.45) is 0 Å². The number of carbonyl (C=O) groups excluding carboxylic acids is 1. The van der Waals surface area contributed by atoms with Gasteiger partial charge in [0.2, 0.25) is 0 Å². The summed E-state index contributed by atoms with van der Waals surface area (Å²) in [5, 5.41) is 3.51. The summed E-state index contributed by atoms with van der Waals surface area (Å²) < 4.78 is 13.2. The highest BCUT2D eigenvalue weighted by Gasteiger charge is 2.07. The highest BCUT2D eigenvalue weighted by molar-refractivity contribution is 5.97. The first-order valence-electron chi connectivity index (χ1n) is 7.04. The average molecular weight is 274 g/mol. The maximum absolute atomic E-state index is 13.2. The zero-order chi connectivity index (χ0) is 14.4. The summed E-state index contributed by atoms with van der Waals surface area (Å²) in [4.78, 5) is 16.1. The number of benzene rings is 1. The lowest BCUT2D eigenvalue weighted by molar-refractivity contribution is 0.0952. The van der Waals surface area contributed by atoms with E-state index in [-0.39, 0.29) is 11.7 Å². The molecule has 0 radical (unpaired) electrons. The van der Waals surface area contributed by atoms with Crippen LogP contribution in [0.5, 0.6) is 0 Å². The second-order valence-corrected chi connectivity index (χ2v) is 4.88. The minimum Gasteiger partial charge on any atom is -0.352 e. The highest BCUT2D eigenvalue weighted by atomic mass is 19.1. The fourth-order valence-electron chi connectivity index (χ4n) is 2.08. The fraction of sp³-hybridized carbons (Fsp3) is 0.375. The Labute approximate surface area is 118 Å². The molecule has 0 aliphatic carbocycles. The summed E-state index contributed by atoms with van der Waals surface area (Å²) >= 11 is 0. The van der Waals surface area contributed by atoms with E-state index in [0.717, 1.165) is 12.8 Å². The Balaban J connectivity index is 1.99. The standard InChI is InChI=1S/C16H19FN2O/c1-2-3-4-5-8-18-16(20)13-9-12-10-14(17)6-7-15(12)19-11-13/h6-7,9-11H,2-5,8H2,1H3,(H,18,20). The molecule has 0 spiro atoms. The third kappa shape index (κ3) is 3.76. The molecule has 1 amide bonds. The normalized spacial score (nSPS) is 10.7. The quantitative estimate of drug-likeness (QED) is 0.816. The highest BCUT2D eigenvalue weighted by Crippen LogP contribution is 2.14. The largest absolute Gasteiger partial charge is 0.352 e. The van der Waals surface area contributed by atoms with Crippen LogP contribution in [0.2, 0.25) is 0 Å². The van der Waals surface area contributed by atoms with Crippen molar-refractivity contribution < 1.29 is 9.18 Å². The number of nitrogens with zero attached hydrogens (tertiary/aromatic N) is 1. The average Bonchev–Trinajstić information content (AvgIpc) is 2.46. The van der Waals surface area contributed by atoms with Crippen LogP contribution in [0.4, 0.5) is 4.39 Å². The van der Waals surface area contributed by atoms with Gasteiger partial charge in [0.05, 0.1) is 11.1 Å². The summed E-state index contributed by atoms with van der Waals surface area (Å²) in [6.07, 6.45) is 6.00. The molecular weight excluding hydrogens is 255 g/mol. The molecule has 1 heterocycles. The zero-order valence-corrected chi connectivity index (χ0v) is 11.7. The number of hydrogen-bond donors (Lipinski definition) is 1. The smallest absolute Gasteiger partial charge is 0.252 e. The van der Waals surface area contributed by atoms with Crippen molar-refractivity contribution in [3.8, 4) is 0 Å². The predicted octanol–water partition coefficient (Wildman–Crippen LogP) is 3.68. The summed E-state index contributed by atoms with van der Waals surface area (Å²) in [5.41, 5.74) is 1.16. The van der Waals surface area contributed by atoms with Gasteiger partial charge in [0.15, 0.2) is 0 Å². The van der Waals surface area contributed by atoms with Crippen LogP contribution in [-0.4, -0.2) is 17.4 Å². The molecule has 2 aromatic rings. The van der Waals surface area contributed by atoms with E-state index in [1.54, 1.807) is 12.1 Å². The number of halogens is 1. The summed E-state index contributed by atoms with van der Waals surface area (Å²) in [5.74, 6) is -0.475. The number of aromatic nitrogens is 1. The third-order valence-electron chi connectivity index (χ3n) is 3.22. The van der Waals surface area contributed by atoms with E-state index in [4.69, 9.17) is 0 Å². The molecule has 4 heteroatoms. The van der Waals surface area contributed by atoms with E-state index in [0.29, 0.717) is 23.0 Å². The molecule has 0 saturated carbocycles. The molecular formula is C16H19FN2O. The Bertz CT molecular complexity index is 598. The Kier molecular flexibility index (Phi) is 5.04. The Morgan fingerprint density at radius 1 is 1.25 bits per heavy atom. The predicted molar refractivity (Wildman–Crippen MR) is 78.2 cm³/mol. The van der Waals surface area contributed by atoms with Crippen molar-refractivity contribution in [1.82, 2.24) is 10.3 Å². The molecule has 3 nitrogen and oxygen atoms in total. The Morgan fingerprint density at radius 3 is 2.90 bits per heavy atom. The maximum atomic E-state index is 13.2. The number of unbranched alkanes of at least 4 members (excludes halogenated alkanes) is 3. The van der Waals surface area contributed by atoms with Crippen molar-refractivity contribution in [2.75, 3.05) is 6.54 Å². The third-order valence-corrected chi connectivity index (χ3v) is 3.22. The van der Waals surface area contributed by atoms with E-state index in [9.17, 15) is 9.18 Å². The lowest BCUT2D eigenvalue weighted by atomic mass is 10.1. The van der Waals surface area contributed by atoms with Crippen LogP contribution in [0, 0.1) is 5.82 Å². The van der Waals surface area contributed by atoms with Crippen LogP contribution in [0.15, 0.2) is 30.5 Å². The Morgan fingerprint density at radius 2 is 2.10 bits per heavy atom. The van der Waals surface area contributed by atoms with Gasteiger partial charge in [0.1, 0.15) is 5.82 Å². The molecule has 0 aliphatic heterocycles. The van der Waals surface area contributed by atoms with Gasteiger partial charge in [-0.05, 0) is 30.7 Å². The van der Waals surface area contributed by atoms with Crippen LogP contribution < -0.4 is 5.32 Å². The number of nitrogens with one attached hydrogen (secondary N) is 1. The number of hydrogen-bond acceptors (Lipinski definition) is 2. The van der Waals surface area contributed by atoms with Gasteiger partial charge in [-0.15, -0.1) is 0 Å². The van der Waals surface area contributed by atoms with Gasteiger partial charge in [-0.3, -0.25) is 9.78 Å². The van der Waals surface area contributed by atoms with Gasteiger partial charge >= 0.3 is 0 Å². The number of fused-ring (bicyclic) bond motifs is 1. The van der Waals surface area contributed by atoms with Gasteiger partial charge in [0.25, 0.3) is 5.91 Å². The van der Waals surface area contributed by atoms with Gasteiger partial charge in [0, 0.05) is 18.1 Å². The second-order valence-electron chi connectivity index (χ2n) is 4.88. The molecule has 20 heavy (non-hydrogen) atoms. The van der Waals surface area contributed by atoms with Crippen molar-refractivity contribution in [3.05, 3.63) is 41.8 Å². The van der Waals surface area contributed by atoms with Crippen molar-refractivity contribution in [3.63, 3.8) is 0 Å². The molecule has 2 rings (SSSR count). The van der Waals surface area contributed by atoms with Gasteiger partial charge in [-0.25, -0.2) is 4.39 Å². The SMILES string of the molecule is CCCCCCNC(=O)c1cnc2ccc(F)cc2c1. The molecule has 1 aromatic heterocycles. The van der Waals surface area contributed by atoms with E-state index in [2.05, 4.69) is 17.2 Å². The molecule has 0 unspecified atom stereocenters. The van der Waals surface area contributed by atoms with E-state index in [1.165, 1.54) is 31.2 Å². The second kappa shape index (κ2) is 6.98. The topological polar surface area (TPSA) is 42.0 Å². The molecule has 0 saturated heterocycles. The van der Waals surface area contributed by atoms with Crippen molar-refractivity contribution in [1.29, 1.82) is 0 Å². The molecule has 0 bridgehead atoms. The summed E-state index contributed by atoms with van der Waals surface area (Å²) in [6.45, 7) is 2.82. The van der Waals surface area contributed by atoms with Crippen molar-refractivity contribution >= 4 is 16.8 Å². The lowest BCUT2D eigenvalue weighted by Crippen LogP contribution is -2.24. The monoisotopic (exact) mass is 274 g/mol. The molecule has 0 atom stereocenters. The Hall–Kier alpha value is -1.97. The molecule has 1 N–H and O–H groups in total. The van der Waals surface area contributed by atoms with Crippen LogP contribution in [0.25, 0.3) is 10.9 Å². The maximum Gasteiger partial charge on any atom is 0.252 e. The van der Waals surface area contributed by atoms with Gasteiger partial charge < -0.3 is 5.32 Å². The van der Waals surface area contributed by atoms with Crippen LogP contribution in [0.3, 0.4) is 0 Å². The van der Waals surface area contributed by atoms with Crippen LogP contribution >= 0.6 is 0 Å². The first kappa shape index (κ1) is 14.4.